The zero-order valence-corrected chi connectivity index (χ0v) is 10.1. The summed E-state index contributed by atoms with van der Waals surface area (Å²) in [6, 6.07) is 1.58. The maximum absolute atomic E-state index is 11.8. The molecule has 0 bridgehead atoms. The second kappa shape index (κ2) is 6.85. The second-order valence-corrected chi connectivity index (χ2v) is 3.73. The molecule has 2 N–H and O–H groups in total. The molecule has 0 saturated heterocycles. The zero-order valence-electron chi connectivity index (χ0n) is 10.1. The normalized spacial score (nSPS) is 11.9. The topological polar surface area (TPSA) is 71.5 Å². The monoisotopic (exact) mass is 238 g/mol. The van der Waals surface area contributed by atoms with Gasteiger partial charge in [-0.2, -0.15) is 0 Å². The third-order valence-corrected chi connectivity index (χ3v) is 2.37. The van der Waals surface area contributed by atoms with Crippen molar-refractivity contribution in [2.75, 3.05) is 13.7 Å². The minimum Gasteiger partial charge on any atom is -0.494 e. The summed E-state index contributed by atoms with van der Waals surface area (Å²) in [5.41, 5.74) is 0.422. The number of aliphatic hydroxyl groups is 1. The first-order chi connectivity index (χ1) is 8.19. The Morgan fingerprint density at radius 1 is 1.65 bits per heavy atom. The van der Waals surface area contributed by atoms with E-state index in [2.05, 4.69) is 10.3 Å². The molecule has 1 amide bonds. The maximum Gasteiger partial charge on any atom is 0.255 e. The number of amides is 1. The van der Waals surface area contributed by atoms with Gasteiger partial charge >= 0.3 is 0 Å². The van der Waals surface area contributed by atoms with E-state index in [0.717, 1.165) is 6.42 Å². The van der Waals surface area contributed by atoms with Crippen LogP contribution in [-0.2, 0) is 0 Å². The van der Waals surface area contributed by atoms with Crippen LogP contribution in [0.4, 0.5) is 0 Å². The Hall–Kier alpha value is -1.62. The Kier molecular flexibility index (Phi) is 5.42. The van der Waals surface area contributed by atoms with Gasteiger partial charge in [0.1, 0.15) is 5.75 Å². The number of hydrogen-bond acceptors (Lipinski definition) is 4. The van der Waals surface area contributed by atoms with Crippen molar-refractivity contribution in [3.05, 3.63) is 24.0 Å². The predicted octanol–water partition coefficient (Wildman–Crippen LogP) is 0.981. The summed E-state index contributed by atoms with van der Waals surface area (Å²) in [7, 11) is 1.49. The molecule has 1 unspecified atom stereocenters. The largest absolute Gasteiger partial charge is 0.494 e. The molecule has 0 aliphatic heterocycles. The van der Waals surface area contributed by atoms with Gasteiger partial charge in [-0.25, -0.2) is 0 Å². The lowest BCUT2D eigenvalue weighted by Crippen LogP contribution is -2.32. The summed E-state index contributed by atoms with van der Waals surface area (Å²) < 4.78 is 5.03. The molecule has 1 rings (SSSR count). The molecule has 1 aromatic rings. The van der Waals surface area contributed by atoms with Crippen LogP contribution in [0.3, 0.4) is 0 Å². The van der Waals surface area contributed by atoms with Gasteiger partial charge in [0.05, 0.1) is 25.0 Å². The molecule has 0 saturated carbocycles. The van der Waals surface area contributed by atoms with Crippen LogP contribution in [-0.4, -0.2) is 35.8 Å². The molecule has 0 aliphatic rings. The molecule has 0 radical (unpaired) electrons. The summed E-state index contributed by atoms with van der Waals surface area (Å²) in [4.78, 5) is 15.7. The van der Waals surface area contributed by atoms with E-state index in [4.69, 9.17) is 4.74 Å². The van der Waals surface area contributed by atoms with Gasteiger partial charge in [0, 0.05) is 12.7 Å². The van der Waals surface area contributed by atoms with Crippen molar-refractivity contribution in [3.63, 3.8) is 0 Å². The molecule has 0 aromatic carbocycles. The molecule has 1 atom stereocenters. The van der Waals surface area contributed by atoms with Crippen LogP contribution in [0.5, 0.6) is 5.75 Å². The van der Waals surface area contributed by atoms with Crippen molar-refractivity contribution in [1.82, 2.24) is 10.3 Å². The minimum atomic E-state index is -0.503. The van der Waals surface area contributed by atoms with E-state index < -0.39 is 6.10 Å². The molecule has 5 heteroatoms. The Balaban J connectivity index is 2.58. The van der Waals surface area contributed by atoms with Crippen molar-refractivity contribution in [2.45, 2.75) is 25.9 Å². The fourth-order valence-electron chi connectivity index (χ4n) is 1.47. The molecule has 0 aliphatic carbocycles. The van der Waals surface area contributed by atoms with Gasteiger partial charge in [0.25, 0.3) is 5.91 Å². The Bertz CT molecular complexity index is 369. The van der Waals surface area contributed by atoms with Crippen LogP contribution >= 0.6 is 0 Å². The van der Waals surface area contributed by atoms with E-state index in [1.807, 2.05) is 6.92 Å². The lowest BCUT2D eigenvalue weighted by atomic mass is 10.2. The average molecular weight is 238 g/mol. The predicted molar refractivity (Wildman–Crippen MR) is 64.0 cm³/mol. The van der Waals surface area contributed by atoms with Crippen molar-refractivity contribution in [2.24, 2.45) is 0 Å². The number of methoxy groups -OCH3 is 1. The fourth-order valence-corrected chi connectivity index (χ4v) is 1.47. The van der Waals surface area contributed by atoms with Crippen molar-refractivity contribution in [1.29, 1.82) is 0 Å². The highest BCUT2D eigenvalue weighted by Gasteiger charge is 2.12. The molecule has 1 heterocycles. The zero-order chi connectivity index (χ0) is 12.7. The molecule has 94 valence electrons. The van der Waals surface area contributed by atoms with Crippen LogP contribution < -0.4 is 10.1 Å². The van der Waals surface area contributed by atoms with Gasteiger partial charge in [-0.15, -0.1) is 0 Å². The van der Waals surface area contributed by atoms with Crippen molar-refractivity contribution >= 4 is 5.91 Å². The van der Waals surface area contributed by atoms with E-state index >= 15 is 0 Å². The summed E-state index contributed by atoms with van der Waals surface area (Å²) >= 11 is 0. The first-order valence-electron chi connectivity index (χ1n) is 5.63. The number of hydrogen-bond donors (Lipinski definition) is 2. The van der Waals surface area contributed by atoms with Gasteiger partial charge in [0.15, 0.2) is 0 Å². The minimum absolute atomic E-state index is 0.248. The SMILES string of the molecule is CCCC(O)CNC(=O)c1ccncc1OC. The fraction of sp³-hybridized carbons (Fsp3) is 0.500. The number of nitrogens with one attached hydrogen (secondary N) is 1. The van der Waals surface area contributed by atoms with E-state index in [1.165, 1.54) is 19.5 Å². The van der Waals surface area contributed by atoms with E-state index in [1.54, 1.807) is 6.07 Å². The van der Waals surface area contributed by atoms with Gasteiger partial charge in [-0.05, 0) is 12.5 Å². The van der Waals surface area contributed by atoms with E-state index in [-0.39, 0.29) is 12.5 Å². The number of pyridine rings is 1. The smallest absolute Gasteiger partial charge is 0.255 e. The Morgan fingerprint density at radius 2 is 2.41 bits per heavy atom. The maximum atomic E-state index is 11.8. The number of aliphatic hydroxyl groups excluding tert-OH is 1. The van der Waals surface area contributed by atoms with Crippen LogP contribution in [0.15, 0.2) is 18.5 Å². The molecule has 0 spiro atoms. The second-order valence-electron chi connectivity index (χ2n) is 3.73. The highest BCUT2D eigenvalue weighted by molar-refractivity contribution is 5.96. The number of carbonyl (C=O) groups is 1. The van der Waals surface area contributed by atoms with E-state index in [9.17, 15) is 9.90 Å². The standard InChI is InChI=1S/C12H18N2O3/c1-3-4-9(15)7-14-12(16)10-5-6-13-8-11(10)17-2/h5-6,8-9,15H,3-4,7H2,1-2H3,(H,14,16). The Morgan fingerprint density at radius 3 is 3.06 bits per heavy atom. The first kappa shape index (κ1) is 13.4. The molecular formula is C12H18N2O3. The molecule has 1 aromatic heterocycles. The van der Waals surface area contributed by atoms with Crippen molar-refractivity contribution in [3.8, 4) is 5.75 Å². The van der Waals surface area contributed by atoms with Crippen molar-refractivity contribution < 1.29 is 14.6 Å². The summed E-state index contributed by atoms with van der Waals surface area (Å²) in [6.07, 6.45) is 4.07. The van der Waals surface area contributed by atoms with Gasteiger partial charge < -0.3 is 15.2 Å². The average Bonchev–Trinajstić information content (AvgIpc) is 2.36. The van der Waals surface area contributed by atoms with Crippen LogP contribution in [0.2, 0.25) is 0 Å². The summed E-state index contributed by atoms with van der Waals surface area (Å²) in [6.45, 7) is 2.23. The van der Waals surface area contributed by atoms with E-state index in [0.29, 0.717) is 17.7 Å². The van der Waals surface area contributed by atoms with Gasteiger partial charge in [-0.1, -0.05) is 13.3 Å². The molecule has 0 fully saturated rings. The summed E-state index contributed by atoms with van der Waals surface area (Å²) in [5.74, 6) is 0.161. The number of carbonyl (C=O) groups excluding carboxylic acids is 1. The highest BCUT2D eigenvalue weighted by atomic mass is 16.5. The third-order valence-electron chi connectivity index (χ3n) is 2.37. The number of ether oxygens (including phenoxy) is 1. The lowest BCUT2D eigenvalue weighted by Gasteiger charge is -2.12. The van der Waals surface area contributed by atoms with Gasteiger partial charge in [0.2, 0.25) is 0 Å². The number of aromatic nitrogens is 1. The lowest BCUT2D eigenvalue weighted by molar-refractivity contribution is 0.0907. The van der Waals surface area contributed by atoms with Crippen LogP contribution in [0.1, 0.15) is 30.1 Å². The third kappa shape index (κ3) is 4.03. The molecular weight excluding hydrogens is 220 g/mol. The number of rotatable bonds is 6. The van der Waals surface area contributed by atoms with Crippen LogP contribution in [0, 0.1) is 0 Å². The quantitative estimate of drug-likeness (QED) is 0.775. The van der Waals surface area contributed by atoms with Gasteiger partial charge in [-0.3, -0.25) is 9.78 Å². The first-order valence-corrected chi connectivity index (χ1v) is 5.63. The number of nitrogens with zero attached hydrogens (tertiary/aromatic N) is 1. The Labute approximate surface area is 101 Å². The highest BCUT2D eigenvalue weighted by Crippen LogP contribution is 2.15. The van der Waals surface area contributed by atoms with Crippen LogP contribution in [0.25, 0.3) is 0 Å². The molecule has 5 nitrogen and oxygen atoms in total. The summed E-state index contributed by atoms with van der Waals surface area (Å²) in [5, 5.41) is 12.2. The molecule has 17 heavy (non-hydrogen) atoms.